The van der Waals surface area contributed by atoms with Crippen molar-refractivity contribution in [3.05, 3.63) is 89.2 Å². The number of carbonyl (C=O) groups excluding carboxylic acids is 1. The number of rotatable bonds is 10. The van der Waals surface area contributed by atoms with Gasteiger partial charge >= 0.3 is 0 Å². The van der Waals surface area contributed by atoms with E-state index < -0.39 is 0 Å². The summed E-state index contributed by atoms with van der Waals surface area (Å²) in [4.78, 5) is 17.1. The van der Waals surface area contributed by atoms with Crippen LogP contribution >= 0.6 is 0 Å². The average molecular weight is 503 g/mol. The molecule has 9 heteroatoms. The lowest BCUT2D eigenvalue weighted by molar-refractivity contribution is 0.0722. The van der Waals surface area contributed by atoms with Crippen LogP contribution in [0.4, 0.5) is 0 Å². The summed E-state index contributed by atoms with van der Waals surface area (Å²) in [5, 5.41) is 9.01. The molecule has 37 heavy (non-hydrogen) atoms. The molecule has 1 aromatic heterocycles. The number of ether oxygens (including phenoxy) is 4. The second-order valence-corrected chi connectivity index (χ2v) is 8.30. The molecule has 1 amide bonds. The summed E-state index contributed by atoms with van der Waals surface area (Å²) in [6.45, 7) is 2.40. The second-order valence-electron chi connectivity index (χ2n) is 8.30. The first kappa shape index (κ1) is 25.6. The van der Waals surface area contributed by atoms with Crippen LogP contribution in [0, 0.1) is 6.92 Å². The van der Waals surface area contributed by atoms with Gasteiger partial charge in [-0.3, -0.25) is 4.79 Å². The standard InChI is InChI=1S/C28H30N4O5/c1-19-27(30-32(29-19)22-9-7-6-8-10-22)28(33)31(17-20-11-13-23(34-2)25(15-20)36-4)18-21-12-14-24(35-3)26(16-21)37-5/h6-16H,17-18H2,1-5H3. The van der Waals surface area contributed by atoms with Crippen LogP contribution in [0.5, 0.6) is 23.0 Å². The predicted octanol–water partition coefficient (Wildman–Crippen LogP) is 4.45. The fourth-order valence-corrected chi connectivity index (χ4v) is 4.00. The Labute approximate surface area is 216 Å². The first-order valence-electron chi connectivity index (χ1n) is 11.7. The van der Waals surface area contributed by atoms with Crippen LogP contribution in [0.3, 0.4) is 0 Å². The Balaban J connectivity index is 1.70. The van der Waals surface area contributed by atoms with Crippen LogP contribution < -0.4 is 18.9 Å². The highest BCUT2D eigenvalue weighted by atomic mass is 16.5. The molecule has 0 atom stereocenters. The van der Waals surface area contributed by atoms with Gasteiger partial charge in [0.15, 0.2) is 28.7 Å². The Bertz CT molecular complexity index is 1310. The number of nitrogens with zero attached hydrogens (tertiary/aromatic N) is 4. The number of amides is 1. The minimum Gasteiger partial charge on any atom is -0.493 e. The van der Waals surface area contributed by atoms with Crippen molar-refractivity contribution in [2.24, 2.45) is 0 Å². The van der Waals surface area contributed by atoms with E-state index in [2.05, 4.69) is 10.2 Å². The first-order valence-corrected chi connectivity index (χ1v) is 11.7. The van der Waals surface area contributed by atoms with E-state index in [1.165, 1.54) is 4.80 Å². The highest BCUT2D eigenvalue weighted by Crippen LogP contribution is 2.30. The molecule has 0 aliphatic carbocycles. The zero-order chi connectivity index (χ0) is 26.4. The highest BCUT2D eigenvalue weighted by molar-refractivity contribution is 5.93. The molecule has 0 spiro atoms. The summed E-state index contributed by atoms with van der Waals surface area (Å²) in [6, 6.07) is 20.7. The molecule has 0 saturated carbocycles. The molecule has 0 radical (unpaired) electrons. The molecule has 0 bridgehead atoms. The largest absolute Gasteiger partial charge is 0.493 e. The van der Waals surface area contributed by atoms with Crippen molar-refractivity contribution in [1.29, 1.82) is 0 Å². The Morgan fingerprint density at radius 3 is 1.73 bits per heavy atom. The normalized spacial score (nSPS) is 10.6. The van der Waals surface area contributed by atoms with E-state index >= 15 is 0 Å². The van der Waals surface area contributed by atoms with E-state index in [0.29, 0.717) is 41.8 Å². The summed E-state index contributed by atoms with van der Waals surface area (Å²) < 4.78 is 21.7. The van der Waals surface area contributed by atoms with Gasteiger partial charge in [0, 0.05) is 13.1 Å². The van der Waals surface area contributed by atoms with Crippen molar-refractivity contribution in [3.63, 3.8) is 0 Å². The quantitative estimate of drug-likeness (QED) is 0.317. The molecule has 0 aliphatic rings. The van der Waals surface area contributed by atoms with Crippen LogP contribution in [0.25, 0.3) is 5.69 Å². The lowest BCUT2D eigenvalue weighted by Gasteiger charge is -2.23. The van der Waals surface area contributed by atoms with E-state index in [1.54, 1.807) is 40.3 Å². The van der Waals surface area contributed by atoms with Crippen LogP contribution in [0.15, 0.2) is 66.7 Å². The van der Waals surface area contributed by atoms with Crippen LogP contribution in [-0.4, -0.2) is 54.2 Å². The topological polar surface area (TPSA) is 87.9 Å². The van der Waals surface area contributed by atoms with Gasteiger partial charge in [0.05, 0.1) is 39.8 Å². The number of hydrogen-bond acceptors (Lipinski definition) is 7. The first-order chi connectivity index (χ1) is 18.0. The number of aryl methyl sites for hydroxylation is 1. The van der Waals surface area contributed by atoms with Gasteiger partial charge in [0.25, 0.3) is 5.91 Å². The highest BCUT2D eigenvalue weighted by Gasteiger charge is 2.24. The second kappa shape index (κ2) is 11.5. The zero-order valence-electron chi connectivity index (χ0n) is 21.6. The van der Waals surface area contributed by atoms with E-state index in [9.17, 15) is 4.79 Å². The van der Waals surface area contributed by atoms with Gasteiger partial charge in [-0.25, -0.2) is 0 Å². The van der Waals surface area contributed by atoms with Crippen LogP contribution in [0.1, 0.15) is 27.3 Å². The molecule has 4 rings (SSSR count). The van der Waals surface area contributed by atoms with Crippen molar-refractivity contribution >= 4 is 5.91 Å². The smallest absolute Gasteiger partial charge is 0.276 e. The molecule has 192 valence electrons. The van der Waals surface area contributed by atoms with Gasteiger partial charge in [-0.2, -0.15) is 9.90 Å². The third-order valence-electron chi connectivity index (χ3n) is 5.90. The van der Waals surface area contributed by atoms with Gasteiger partial charge in [-0.05, 0) is 54.4 Å². The molecule has 0 aliphatic heterocycles. The number of para-hydroxylation sites is 1. The molecular weight excluding hydrogens is 472 g/mol. The third-order valence-corrected chi connectivity index (χ3v) is 5.90. The predicted molar refractivity (Wildman–Crippen MR) is 139 cm³/mol. The Kier molecular flexibility index (Phi) is 7.92. The maximum Gasteiger partial charge on any atom is 0.276 e. The Morgan fingerprint density at radius 2 is 1.24 bits per heavy atom. The van der Waals surface area contributed by atoms with Crippen LogP contribution in [-0.2, 0) is 13.1 Å². The maximum atomic E-state index is 13.9. The zero-order valence-corrected chi connectivity index (χ0v) is 21.6. The fourth-order valence-electron chi connectivity index (χ4n) is 4.00. The van der Waals surface area contributed by atoms with E-state index in [4.69, 9.17) is 18.9 Å². The Morgan fingerprint density at radius 1 is 0.730 bits per heavy atom. The van der Waals surface area contributed by atoms with Crippen molar-refractivity contribution in [1.82, 2.24) is 19.9 Å². The molecule has 0 saturated heterocycles. The molecule has 0 fully saturated rings. The van der Waals surface area contributed by atoms with Crippen molar-refractivity contribution in [2.45, 2.75) is 20.0 Å². The van der Waals surface area contributed by atoms with Crippen molar-refractivity contribution < 1.29 is 23.7 Å². The number of carbonyl (C=O) groups is 1. The molecule has 4 aromatic rings. The molecule has 1 heterocycles. The summed E-state index contributed by atoms with van der Waals surface area (Å²) >= 11 is 0. The molecule has 0 unspecified atom stereocenters. The van der Waals surface area contributed by atoms with E-state index in [1.807, 2.05) is 66.7 Å². The van der Waals surface area contributed by atoms with Crippen molar-refractivity contribution in [3.8, 4) is 28.7 Å². The van der Waals surface area contributed by atoms with Gasteiger partial charge in [-0.15, -0.1) is 5.10 Å². The average Bonchev–Trinajstić information content (AvgIpc) is 3.33. The molecule has 3 aromatic carbocycles. The van der Waals surface area contributed by atoms with Gasteiger partial charge in [-0.1, -0.05) is 30.3 Å². The minimum atomic E-state index is -0.246. The number of benzene rings is 3. The summed E-state index contributed by atoms with van der Waals surface area (Å²) in [5.74, 6) is 2.16. The fraction of sp³-hybridized carbons (Fsp3) is 0.250. The summed E-state index contributed by atoms with van der Waals surface area (Å²) in [6.07, 6.45) is 0. The summed E-state index contributed by atoms with van der Waals surface area (Å²) in [7, 11) is 6.34. The Hall–Kier alpha value is -4.53. The maximum absolute atomic E-state index is 13.9. The lowest BCUT2D eigenvalue weighted by Crippen LogP contribution is -2.31. The lowest BCUT2D eigenvalue weighted by atomic mass is 10.1. The SMILES string of the molecule is COc1ccc(CN(Cc2ccc(OC)c(OC)c2)C(=O)c2nn(-c3ccccc3)nc2C)cc1OC. The molecule has 9 nitrogen and oxygen atoms in total. The van der Waals surface area contributed by atoms with E-state index in [0.717, 1.165) is 16.8 Å². The van der Waals surface area contributed by atoms with E-state index in [-0.39, 0.29) is 11.6 Å². The number of methoxy groups -OCH3 is 4. The monoisotopic (exact) mass is 502 g/mol. The van der Waals surface area contributed by atoms with Gasteiger partial charge < -0.3 is 23.8 Å². The number of hydrogen-bond donors (Lipinski definition) is 0. The molecule has 0 N–H and O–H groups in total. The van der Waals surface area contributed by atoms with Gasteiger partial charge in [0.2, 0.25) is 0 Å². The summed E-state index contributed by atoms with van der Waals surface area (Å²) in [5.41, 5.74) is 3.35. The van der Waals surface area contributed by atoms with Gasteiger partial charge in [0.1, 0.15) is 0 Å². The third kappa shape index (κ3) is 5.66. The minimum absolute atomic E-state index is 0.246. The number of aromatic nitrogens is 3. The van der Waals surface area contributed by atoms with Crippen LogP contribution in [0.2, 0.25) is 0 Å². The van der Waals surface area contributed by atoms with Crippen molar-refractivity contribution in [2.75, 3.05) is 28.4 Å². The molecular formula is C28H30N4O5.